The molecule has 0 amide bonds. The maximum absolute atomic E-state index is 13.4. The largest absolute Gasteiger partial charge is 0.497 e. The molecule has 0 atom stereocenters. The summed E-state index contributed by atoms with van der Waals surface area (Å²) in [6.07, 6.45) is 0. The lowest BCUT2D eigenvalue weighted by molar-refractivity contribution is 0.267. The molecule has 0 saturated heterocycles. The number of ether oxygens (including phenoxy) is 3. The molecule has 4 nitrogen and oxygen atoms in total. The summed E-state index contributed by atoms with van der Waals surface area (Å²) >= 11 is 2.24. The summed E-state index contributed by atoms with van der Waals surface area (Å²) in [7, 11) is 1.65. The summed E-state index contributed by atoms with van der Waals surface area (Å²) in [4.78, 5) is 0. The Bertz CT molecular complexity index is 947. The summed E-state index contributed by atoms with van der Waals surface area (Å²) in [5, 5.41) is 3.40. The number of halogens is 2. The van der Waals surface area contributed by atoms with E-state index in [0.717, 1.165) is 26.1 Å². The molecule has 152 valence electrons. The molecule has 3 aromatic carbocycles. The third kappa shape index (κ3) is 6.00. The highest BCUT2D eigenvalue weighted by molar-refractivity contribution is 14.1. The molecule has 1 N–H and O–H groups in total. The van der Waals surface area contributed by atoms with Crippen molar-refractivity contribution < 1.29 is 18.6 Å². The minimum Gasteiger partial charge on any atom is -0.497 e. The van der Waals surface area contributed by atoms with Crippen LogP contribution in [-0.2, 0) is 13.2 Å². The van der Waals surface area contributed by atoms with Gasteiger partial charge in [-0.2, -0.15) is 0 Å². The smallest absolute Gasteiger partial charge is 0.174 e. The fourth-order valence-electron chi connectivity index (χ4n) is 2.82. The van der Waals surface area contributed by atoms with Gasteiger partial charge in [-0.3, -0.25) is 0 Å². The predicted octanol–water partition coefficient (Wildman–Crippen LogP) is 6.03. The van der Waals surface area contributed by atoms with Gasteiger partial charge in [0, 0.05) is 12.2 Å². The Morgan fingerprint density at radius 3 is 2.45 bits per heavy atom. The van der Waals surface area contributed by atoms with Crippen LogP contribution in [-0.4, -0.2) is 13.7 Å². The molecule has 0 fully saturated rings. The van der Waals surface area contributed by atoms with Crippen LogP contribution < -0.4 is 19.5 Å². The molecule has 0 aliphatic heterocycles. The third-order valence-electron chi connectivity index (χ3n) is 4.23. The van der Waals surface area contributed by atoms with Gasteiger partial charge in [0.1, 0.15) is 18.2 Å². The predicted molar refractivity (Wildman–Crippen MR) is 121 cm³/mol. The van der Waals surface area contributed by atoms with Crippen molar-refractivity contribution in [3.05, 3.63) is 81.2 Å². The van der Waals surface area contributed by atoms with Crippen LogP contribution in [0.25, 0.3) is 0 Å². The van der Waals surface area contributed by atoms with Crippen LogP contribution in [0.2, 0.25) is 0 Å². The van der Waals surface area contributed by atoms with E-state index in [1.54, 1.807) is 13.2 Å². The van der Waals surface area contributed by atoms with Crippen molar-refractivity contribution in [3.8, 4) is 17.2 Å². The van der Waals surface area contributed by atoms with Gasteiger partial charge in [-0.15, -0.1) is 0 Å². The van der Waals surface area contributed by atoms with Gasteiger partial charge in [0.05, 0.1) is 17.3 Å². The maximum Gasteiger partial charge on any atom is 0.174 e. The van der Waals surface area contributed by atoms with E-state index in [9.17, 15) is 4.39 Å². The Balaban J connectivity index is 1.72. The van der Waals surface area contributed by atoms with Crippen LogP contribution in [0.4, 0.5) is 10.1 Å². The molecule has 0 aromatic heterocycles. The second-order valence-electron chi connectivity index (χ2n) is 6.34. The number of methoxy groups -OCH3 is 1. The van der Waals surface area contributed by atoms with Gasteiger partial charge in [-0.05, 0) is 89.2 Å². The van der Waals surface area contributed by atoms with Gasteiger partial charge >= 0.3 is 0 Å². The summed E-state index contributed by atoms with van der Waals surface area (Å²) in [6.45, 7) is 3.39. The summed E-state index contributed by atoms with van der Waals surface area (Å²) in [5.41, 5.74) is 2.85. The van der Waals surface area contributed by atoms with Crippen molar-refractivity contribution in [3.63, 3.8) is 0 Å². The topological polar surface area (TPSA) is 39.7 Å². The second kappa shape index (κ2) is 10.3. The van der Waals surface area contributed by atoms with Crippen LogP contribution in [0.1, 0.15) is 18.1 Å². The first-order valence-corrected chi connectivity index (χ1v) is 10.4. The monoisotopic (exact) mass is 507 g/mol. The molecular weight excluding hydrogens is 484 g/mol. The summed E-state index contributed by atoms with van der Waals surface area (Å²) < 4.78 is 31.3. The van der Waals surface area contributed by atoms with E-state index in [1.165, 1.54) is 12.1 Å². The van der Waals surface area contributed by atoms with Crippen molar-refractivity contribution in [2.75, 3.05) is 19.0 Å². The minimum absolute atomic E-state index is 0.272. The van der Waals surface area contributed by atoms with E-state index in [2.05, 4.69) is 34.0 Å². The lowest BCUT2D eigenvalue weighted by atomic mass is 10.2. The van der Waals surface area contributed by atoms with Gasteiger partial charge in [0.2, 0.25) is 0 Å². The van der Waals surface area contributed by atoms with E-state index in [1.807, 2.05) is 43.3 Å². The number of rotatable bonds is 9. The zero-order valence-corrected chi connectivity index (χ0v) is 18.5. The van der Waals surface area contributed by atoms with Crippen LogP contribution in [0, 0.1) is 9.39 Å². The molecule has 0 aliphatic carbocycles. The van der Waals surface area contributed by atoms with E-state index in [4.69, 9.17) is 14.2 Å². The Labute approximate surface area is 184 Å². The van der Waals surface area contributed by atoms with Gasteiger partial charge in [-0.25, -0.2) is 4.39 Å². The summed E-state index contributed by atoms with van der Waals surface area (Å²) in [5.74, 6) is 1.90. The first-order valence-electron chi connectivity index (χ1n) is 9.29. The molecule has 3 rings (SSSR count). The summed E-state index contributed by atoms with van der Waals surface area (Å²) in [6, 6.07) is 18.2. The highest BCUT2D eigenvalue weighted by atomic mass is 127. The van der Waals surface area contributed by atoms with Gasteiger partial charge < -0.3 is 19.5 Å². The van der Waals surface area contributed by atoms with E-state index < -0.39 is 0 Å². The van der Waals surface area contributed by atoms with E-state index >= 15 is 0 Å². The first kappa shape index (κ1) is 21.2. The molecule has 0 aliphatic rings. The van der Waals surface area contributed by atoms with Crippen molar-refractivity contribution >= 4 is 28.3 Å². The molecule has 0 spiro atoms. The first-order chi connectivity index (χ1) is 14.1. The highest BCUT2D eigenvalue weighted by Gasteiger charge is 2.13. The Kier molecular flexibility index (Phi) is 7.57. The van der Waals surface area contributed by atoms with Crippen molar-refractivity contribution in [1.29, 1.82) is 0 Å². The molecule has 29 heavy (non-hydrogen) atoms. The van der Waals surface area contributed by atoms with Crippen molar-refractivity contribution in [2.24, 2.45) is 0 Å². The van der Waals surface area contributed by atoms with E-state index in [-0.39, 0.29) is 12.4 Å². The van der Waals surface area contributed by atoms with Crippen molar-refractivity contribution in [1.82, 2.24) is 0 Å². The third-order valence-corrected chi connectivity index (χ3v) is 5.03. The SMILES string of the molecule is CCOc1cc(CNc2ccc(OC)cc2)cc(I)c1OCc1cccc(F)c1. The number of hydrogen-bond acceptors (Lipinski definition) is 4. The van der Waals surface area contributed by atoms with Crippen LogP contribution in [0.5, 0.6) is 17.2 Å². The Morgan fingerprint density at radius 1 is 0.966 bits per heavy atom. The fourth-order valence-corrected chi connectivity index (χ4v) is 3.64. The minimum atomic E-state index is -0.272. The average molecular weight is 507 g/mol. The number of hydrogen-bond donors (Lipinski definition) is 1. The second-order valence-corrected chi connectivity index (χ2v) is 7.50. The number of nitrogens with one attached hydrogen (secondary N) is 1. The zero-order chi connectivity index (χ0) is 20.6. The maximum atomic E-state index is 13.4. The molecule has 6 heteroatoms. The molecule has 0 bridgehead atoms. The lowest BCUT2D eigenvalue weighted by Gasteiger charge is -2.16. The molecule has 0 heterocycles. The fraction of sp³-hybridized carbons (Fsp3) is 0.217. The standard InChI is InChI=1S/C23H23FINO3/c1-3-28-22-13-17(14-26-19-7-9-20(27-2)10-8-19)12-21(25)23(22)29-15-16-5-4-6-18(24)11-16/h4-13,26H,3,14-15H2,1-2H3. The normalized spacial score (nSPS) is 10.5. The van der Waals surface area contributed by atoms with Gasteiger partial charge in [-0.1, -0.05) is 12.1 Å². The highest BCUT2D eigenvalue weighted by Crippen LogP contribution is 2.35. The Hall–Kier alpha value is -2.48. The molecule has 3 aromatic rings. The molecule has 0 unspecified atom stereocenters. The number of benzene rings is 3. The zero-order valence-electron chi connectivity index (χ0n) is 16.4. The van der Waals surface area contributed by atoms with Gasteiger partial charge in [0.15, 0.2) is 11.5 Å². The average Bonchev–Trinajstić information content (AvgIpc) is 2.72. The van der Waals surface area contributed by atoms with Crippen molar-refractivity contribution in [2.45, 2.75) is 20.1 Å². The van der Waals surface area contributed by atoms with Crippen LogP contribution in [0.15, 0.2) is 60.7 Å². The quantitative estimate of drug-likeness (QED) is 0.359. The molecular formula is C23H23FINO3. The Morgan fingerprint density at radius 2 is 1.76 bits per heavy atom. The molecule has 0 radical (unpaired) electrons. The van der Waals surface area contributed by atoms with E-state index in [0.29, 0.717) is 24.7 Å². The number of anilines is 1. The van der Waals surface area contributed by atoms with Gasteiger partial charge in [0.25, 0.3) is 0 Å². The van der Waals surface area contributed by atoms with Crippen LogP contribution in [0.3, 0.4) is 0 Å². The molecule has 0 saturated carbocycles. The van der Waals surface area contributed by atoms with Crippen LogP contribution >= 0.6 is 22.6 Å². The lowest BCUT2D eigenvalue weighted by Crippen LogP contribution is -2.05.